The molecular formula is C42H44F3N5O4. The number of pyridine rings is 1. The molecule has 54 heavy (non-hydrogen) atoms. The molecule has 1 saturated carbocycles. The highest BCUT2D eigenvalue weighted by Gasteiger charge is 2.49. The average Bonchev–Trinajstić information content (AvgIpc) is 3.64. The molecule has 2 aromatic heterocycles. The maximum absolute atomic E-state index is 16.8. The number of aromatic nitrogens is 3. The highest BCUT2D eigenvalue weighted by atomic mass is 19.1. The Labute approximate surface area is 312 Å². The number of fused-ring (bicyclic) bond motifs is 2. The lowest BCUT2D eigenvalue weighted by molar-refractivity contribution is 0.107. The molecule has 5 aromatic rings. The van der Waals surface area contributed by atoms with Crippen LogP contribution in [0, 0.1) is 24.0 Å². The fourth-order valence-electron chi connectivity index (χ4n) is 8.04. The van der Waals surface area contributed by atoms with Gasteiger partial charge in [0.2, 0.25) is 5.88 Å². The van der Waals surface area contributed by atoms with Crippen LogP contribution in [-0.2, 0) is 6.61 Å². The second-order valence-corrected chi connectivity index (χ2v) is 13.9. The molecule has 5 heterocycles. The minimum absolute atomic E-state index is 0.0135. The summed E-state index contributed by atoms with van der Waals surface area (Å²) >= 11 is 0. The van der Waals surface area contributed by atoms with E-state index in [9.17, 15) is 13.9 Å². The first-order chi connectivity index (χ1) is 26.3. The first-order valence-corrected chi connectivity index (χ1v) is 18.7. The lowest BCUT2D eigenvalue weighted by Crippen LogP contribution is -2.44. The molecule has 2 N–H and O–H groups in total. The maximum Gasteiger partial charge on any atom is 0.319 e. The van der Waals surface area contributed by atoms with Crippen molar-refractivity contribution in [3.05, 3.63) is 77.4 Å². The summed E-state index contributed by atoms with van der Waals surface area (Å²) in [6, 6.07) is 15.1. The van der Waals surface area contributed by atoms with Crippen LogP contribution in [0.15, 0.2) is 54.6 Å². The predicted octanol–water partition coefficient (Wildman–Crippen LogP) is 7.72. The molecule has 3 aromatic carbocycles. The molecule has 0 bridgehead atoms. The number of aromatic hydroxyl groups is 1. The Kier molecular flexibility index (Phi) is 10.8. The number of benzene rings is 3. The number of halogens is 3. The van der Waals surface area contributed by atoms with E-state index in [1.165, 1.54) is 24.3 Å². The summed E-state index contributed by atoms with van der Waals surface area (Å²) in [4.78, 5) is 18.2. The summed E-state index contributed by atoms with van der Waals surface area (Å²) in [7, 11) is 0. The average molecular weight is 740 g/mol. The molecular weight excluding hydrogens is 695 g/mol. The monoisotopic (exact) mass is 739 g/mol. The van der Waals surface area contributed by atoms with Gasteiger partial charge in [-0.1, -0.05) is 56.2 Å². The second-order valence-electron chi connectivity index (χ2n) is 13.9. The number of nitrogens with zero attached hydrogens (tertiary/aromatic N) is 5. The molecule has 4 aliphatic rings. The van der Waals surface area contributed by atoms with Gasteiger partial charge in [-0.25, -0.2) is 18.2 Å². The van der Waals surface area contributed by atoms with Gasteiger partial charge in [0, 0.05) is 30.0 Å². The van der Waals surface area contributed by atoms with Gasteiger partial charge in [0.25, 0.3) is 0 Å². The third-order valence-electron chi connectivity index (χ3n) is 10.8. The van der Waals surface area contributed by atoms with E-state index >= 15 is 4.39 Å². The Morgan fingerprint density at radius 1 is 1.02 bits per heavy atom. The van der Waals surface area contributed by atoms with Crippen molar-refractivity contribution in [1.82, 2.24) is 19.9 Å². The summed E-state index contributed by atoms with van der Waals surface area (Å²) in [6.07, 6.45) is 9.93. The standard InChI is InChI=1S/C33H30F3N5O3.C7H8O.C2H6/c1-2-22-24(35)8-7-18-13-21(42)14-23(25(18)22)28-27(36)29-26-30(41(20-5-3-6-20)11-12-43-31(26)37-28)39-32(38-29)44-17-33-9-4-10-40(33)16-19(34)15-33;8-6-7-4-2-1-3-5-7;1-2/h1,7-8,13-14,19-20,42H,3-6,9-12,15-17H2;1-5,8H,6H2;1-2H3/t19?,33-;;/m0../s1. The number of aliphatic hydroxyl groups excluding tert-OH is 1. The third kappa shape index (κ3) is 6.87. The van der Waals surface area contributed by atoms with Gasteiger partial charge < -0.3 is 24.6 Å². The van der Waals surface area contributed by atoms with Crippen molar-refractivity contribution < 1.29 is 32.9 Å². The molecule has 1 unspecified atom stereocenters. The largest absolute Gasteiger partial charge is 0.508 e. The Bertz CT molecular complexity index is 2200. The van der Waals surface area contributed by atoms with Crippen LogP contribution in [0.4, 0.5) is 19.0 Å². The van der Waals surface area contributed by atoms with E-state index in [1.54, 1.807) is 0 Å². The van der Waals surface area contributed by atoms with Gasteiger partial charge in [0.15, 0.2) is 5.82 Å². The molecule has 0 amide bonds. The summed E-state index contributed by atoms with van der Waals surface area (Å²) in [5.74, 6) is 1.36. The number of ether oxygens (including phenoxy) is 2. The molecule has 9 rings (SSSR count). The van der Waals surface area contributed by atoms with Gasteiger partial charge in [0.1, 0.15) is 53.4 Å². The number of terminal acetylenes is 1. The third-order valence-corrected chi connectivity index (χ3v) is 10.8. The quantitative estimate of drug-likeness (QED) is 0.170. The number of hydrogen-bond donors (Lipinski definition) is 2. The summed E-state index contributed by atoms with van der Waals surface area (Å²) in [5, 5.41) is 20.1. The van der Waals surface area contributed by atoms with Crippen LogP contribution in [0.2, 0.25) is 0 Å². The molecule has 9 nitrogen and oxygen atoms in total. The van der Waals surface area contributed by atoms with Crippen molar-refractivity contribution in [3.63, 3.8) is 0 Å². The summed E-state index contributed by atoms with van der Waals surface area (Å²) in [6.45, 7) is 6.30. The Balaban J connectivity index is 0.000000397. The minimum Gasteiger partial charge on any atom is -0.508 e. The number of rotatable bonds is 6. The van der Waals surface area contributed by atoms with Gasteiger partial charge in [-0.2, -0.15) is 9.97 Å². The Morgan fingerprint density at radius 3 is 2.52 bits per heavy atom. The molecule has 2 saturated heterocycles. The predicted molar refractivity (Wildman–Crippen MR) is 203 cm³/mol. The fraction of sp³-hybridized carbons (Fsp3) is 0.405. The second kappa shape index (κ2) is 15.7. The number of alkyl halides is 1. The van der Waals surface area contributed by atoms with Crippen LogP contribution < -0.4 is 14.4 Å². The van der Waals surface area contributed by atoms with Crippen LogP contribution in [0.3, 0.4) is 0 Å². The maximum atomic E-state index is 16.8. The van der Waals surface area contributed by atoms with E-state index in [0.29, 0.717) is 36.1 Å². The normalized spacial score (nSPS) is 20.5. The van der Waals surface area contributed by atoms with Crippen LogP contribution in [-0.4, -0.2) is 80.7 Å². The zero-order chi connectivity index (χ0) is 38.0. The highest BCUT2D eigenvalue weighted by molar-refractivity contribution is 6.04. The molecule has 0 radical (unpaired) electrons. The van der Waals surface area contributed by atoms with Crippen LogP contribution in [0.25, 0.3) is 32.9 Å². The lowest BCUT2D eigenvalue weighted by atomic mass is 9.91. The van der Waals surface area contributed by atoms with Crippen molar-refractivity contribution in [2.45, 2.75) is 76.7 Å². The van der Waals surface area contributed by atoms with Gasteiger partial charge in [-0.15, -0.1) is 6.42 Å². The summed E-state index contributed by atoms with van der Waals surface area (Å²) < 4.78 is 58.5. The van der Waals surface area contributed by atoms with Crippen LogP contribution in [0.5, 0.6) is 17.6 Å². The van der Waals surface area contributed by atoms with E-state index in [1.807, 2.05) is 44.2 Å². The Morgan fingerprint density at radius 2 is 1.81 bits per heavy atom. The number of phenolic OH excluding ortho intramolecular Hbond substituents is 1. The van der Waals surface area contributed by atoms with E-state index in [0.717, 1.165) is 44.2 Å². The van der Waals surface area contributed by atoms with Gasteiger partial charge in [0.05, 0.1) is 24.3 Å². The molecule has 12 heteroatoms. The van der Waals surface area contributed by atoms with E-state index in [-0.39, 0.29) is 71.2 Å². The number of anilines is 1. The first-order valence-electron chi connectivity index (χ1n) is 18.7. The lowest BCUT2D eigenvalue weighted by Gasteiger charge is -2.37. The zero-order valence-corrected chi connectivity index (χ0v) is 30.5. The van der Waals surface area contributed by atoms with E-state index in [4.69, 9.17) is 26.0 Å². The van der Waals surface area contributed by atoms with Crippen molar-refractivity contribution in [3.8, 4) is 41.2 Å². The van der Waals surface area contributed by atoms with Crippen LogP contribution in [0.1, 0.15) is 63.5 Å². The minimum atomic E-state index is -0.921. The van der Waals surface area contributed by atoms with Crippen molar-refractivity contribution in [2.24, 2.45) is 0 Å². The van der Waals surface area contributed by atoms with Crippen LogP contribution >= 0.6 is 0 Å². The fourth-order valence-corrected chi connectivity index (χ4v) is 8.04. The highest BCUT2D eigenvalue weighted by Crippen LogP contribution is 2.45. The zero-order valence-electron chi connectivity index (χ0n) is 30.5. The molecule has 0 spiro atoms. The molecule has 3 fully saturated rings. The SMILES string of the molecule is C#Cc1c(F)ccc2cc(O)cc(-c3nc4c5c(nc(OC[C@@]67CCCN6CC(F)C7)nc5c3F)N(C3CCC3)CCO4)c12.CC.OCc1ccccc1. The number of phenols is 1. The van der Waals surface area contributed by atoms with Gasteiger partial charge >= 0.3 is 6.01 Å². The molecule has 2 atom stereocenters. The first kappa shape index (κ1) is 37.2. The number of aliphatic hydroxyl groups is 1. The smallest absolute Gasteiger partial charge is 0.319 e. The topological polar surface area (TPSA) is 104 Å². The van der Waals surface area contributed by atoms with E-state index < -0.39 is 23.3 Å². The molecule has 1 aliphatic carbocycles. The molecule has 3 aliphatic heterocycles. The van der Waals surface area contributed by atoms with Crippen molar-refractivity contribution >= 4 is 27.5 Å². The van der Waals surface area contributed by atoms with Crippen molar-refractivity contribution in [1.29, 1.82) is 0 Å². The number of hydrogen-bond acceptors (Lipinski definition) is 9. The summed E-state index contributed by atoms with van der Waals surface area (Å²) in [5.41, 5.74) is 0.299. The Hall–Kier alpha value is -5.12. The van der Waals surface area contributed by atoms with Crippen molar-refractivity contribution in [2.75, 3.05) is 37.7 Å². The van der Waals surface area contributed by atoms with E-state index in [2.05, 4.69) is 25.7 Å². The molecule has 282 valence electrons. The van der Waals surface area contributed by atoms with Gasteiger partial charge in [-0.3, -0.25) is 4.90 Å². The van der Waals surface area contributed by atoms with Gasteiger partial charge in [-0.05, 0) is 67.8 Å².